The summed E-state index contributed by atoms with van der Waals surface area (Å²) in [7, 11) is 0. The van der Waals surface area contributed by atoms with Gasteiger partial charge in [-0.15, -0.1) is 0 Å². The van der Waals surface area contributed by atoms with Gasteiger partial charge in [-0.2, -0.15) is 0 Å². The number of esters is 1. The zero-order valence-electron chi connectivity index (χ0n) is 12.5. The lowest BCUT2D eigenvalue weighted by Crippen LogP contribution is -2.45. The van der Waals surface area contributed by atoms with E-state index in [0.29, 0.717) is 18.4 Å². The van der Waals surface area contributed by atoms with Crippen LogP contribution in [0.5, 0.6) is 5.75 Å². The number of hydrogen-bond acceptors (Lipinski definition) is 4. The highest BCUT2D eigenvalue weighted by atomic mass is 19.1. The van der Waals surface area contributed by atoms with Crippen LogP contribution in [0.4, 0.5) is 14.5 Å². The van der Waals surface area contributed by atoms with Crippen LogP contribution >= 0.6 is 0 Å². The average molecular weight is 333 g/mol. The fourth-order valence-corrected chi connectivity index (χ4v) is 2.85. The lowest BCUT2D eigenvalue weighted by Gasteiger charge is -2.39. The van der Waals surface area contributed by atoms with E-state index < -0.39 is 39.4 Å². The average Bonchev–Trinajstić information content (AvgIpc) is 2.45. The van der Waals surface area contributed by atoms with Gasteiger partial charge in [-0.05, 0) is 36.6 Å². The van der Waals surface area contributed by atoms with Crippen molar-refractivity contribution < 1.29 is 23.2 Å². The topological polar surface area (TPSA) is 69.4 Å². The summed E-state index contributed by atoms with van der Waals surface area (Å²) in [5, 5.41) is 11.0. The van der Waals surface area contributed by atoms with Crippen LogP contribution in [-0.2, 0) is 10.2 Å². The predicted octanol–water partition coefficient (Wildman–Crippen LogP) is 3.90. The highest BCUT2D eigenvalue weighted by Crippen LogP contribution is 2.45. The summed E-state index contributed by atoms with van der Waals surface area (Å²) < 4.78 is 32.0. The van der Waals surface area contributed by atoms with E-state index in [4.69, 9.17) is 4.74 Å². The van der Waals surface area contributed by atoms with Crippen molar-refractivity contribution in [1.82, 2.24) is 0 Å². The van der Waals surface area contributed by atoms with Crippen molar-refractivity contribution in [2.45, 2.75) is 24.7 Å². The Hall–Kier alpha value is -2.83. The van der Waals surface area contributed by atoms with Crippen LogP contribution in [0.1, 0.15) is 24.8 Å². The molecule has 0 N–H and O–H groups in total. The molecule has 3 rings (SSSR count). The van der Waals surface area contributed by atoms with Crippen molar-refractivity contribution in [1.29, 1.82) is 0 Å². The third kappa shape index (κ3) is 2.73. The second-order valence-corrected chi connectivity index (χ2v) is 5.70. The molecule has 5 nitrogen and oxygen atoms in total. The van der Waals surface area contributed by atoms with Crippen molar-refractivity contribution in [2.75, 3.05) is 0 Å². The van der Waals surface area contributed by atoms with Gasteiger partial charge in [0.15, 0.2) is 0 Å². The Balaban J connectivity index is 1.94. The van der Waals surface area contributed by atoms with E-state index in [9.17, 15) is 23.7 Å². The standard InChI is InChI=1S/C17H13F2NO4/c18-12-4-1-3-11(9-12)17(7-2-8-17)16(21)24-15-10-13(19)5-6-14(15)20(22)23/h1,3-6,9-10H,2,7-8H2. The fourth-order valence-electron chi connectivity index (χ4n) is 2.85. The molecule has 0 unspecified atom stereocenters. The first kappa shape index (κ1) is 16.0. The molecule has 0 atom stereocenters. The van der Waals surface area contributed by atoms with Gasteiger partial charge in [0.2, 0.25) is 5.75 Å². The number of nitro groups is 1. The summed E-state index contributed by atoms with van der Waals surface area (Å²) in [5.74, 6) is -2.43. The molecule has 1 fully saturated rings. The summed E-state index contributed by atoms with van der Waals surface area (Å²) in [6.45, 7) is 0. The van der Waals surface area contributed by atoms with E-state index in [1.165, 1.54) is 18.2 Å². The summed E-state index contributed by atoms with van der Waals surface area (Å²) in [4.78, 5) is 22.9. The van der Waals surface area contributed by atoms with Crippen LogP contribution in [0.15, 0.2) is 42.5 Å². The smallest absolute Gasteiger partial charge is 0.322 e. The number of benzene rings is 2. The summed E-state index contributed by atoms with van der Waals surface area (Å²) in [6, 6.07) is 8.27. The van der Waals surface area contributed by atoms with Crippen molar-refractivity contribution in [3.63, 3.8) is 0 Å². The third-order valence-corrected chi connectivity index (χ3v) is 4.30. The molecule has 1 aliphatic rings. The Kier molecular flexibility index (Phi) is 4.01. The number of halogens is 2. The zero-order valence-corrected chi connectivity index (χ0v) is 12.5. The molecule has 0 spiro atoms. The molecule has 2 aromatic carbocycles. The maximum atomic E-state index is 13.5. The first-order valence-electron chi connectivity index (χ1n) is 7.35. The van der Waals surface area contributed by atoms with Gasteiger partial charge in [0.1, 0.15) is 11.6 Å². The number of ether oxygens (including phenoxy) is 1. The van der Waals surface area contributed by atoms with Gasteiger partial charge >= 0.3 is 11.7 Å². The monoisotopic (exact) mass is 333 g/mol. The molecule has 1 saturated carbocycles. The number of nitrogens with zero attached hydrogens (tertiary/aromatic N) is 1. The Bertz CT molecular complexity index is 818. The van der Waals surface area contributed by atoms with Gasteiger partial charge in [-0.3, -0.25) is 14.9 Å². The van der Waals surface area contributed by atoms with Crippen LogP contribution in [-0.4, -0.2) is 10.9 Å². The van der Waals surface area contributed by atoms with Crippen LogP contribution < -0.4 is 4.74 Å². The lowest BCUT2D eigenvalue weighted by molar-refractivity contribution is -0.385. The maximum Gasteiger partial charge on any atom is 0.322 e. The van der Waals surface area contributed by atoms with Crippen LogP contribution in [0.3, 0.4) is 0 Å². The normalized spacial score (nSPS) is 15.4. The first-order chi connectivity index (χ1) is 11.4. The number of nitro benzene ring substituents is 1. The Morgan fingerprint density at radius 2 is 1.83 bits per heavy atom. The minimum absolute atomic E-state index is 0.443. The van der Waals surface area contributed by atoms with Gasteiger partial charge in [0.25, 0.3) is 0 Å². The highest BCUT2D eigenvalue weighted by molar-refractivity contribution is 5.86. The molecule has 0 saturated heterocycles. The molecule has 1 aliphatic carbocycles. The molecule has 0 amide bonds. The number of hydrogen-bond donors (Lipinski definition) is 0. The van der Waals surface area contributed by atoms with Crippen molar-refractivity contribution in [2.24, 2.45) is 0 Å². The fraction of sp³-hybridized carbons (Fsp3) is 0.235. The van der Waals surface area contributed by atoms with Gasteiger partial charge < -0.3 is 4.74 Å². The van der Waals surface area contributed by atoms with Gasteiger partial charge in [0, 0.05) is 12.1 Å². The second-order valence-electron chi connectivity index (χ2n) is 5.70. The minimum Gasteiger partial charge on any atom is -0.418 e. The quantitative estimate of drug-likeness (QED) is 0.368. The third-order valence-electron chi connectivity index (χ3n) is 4.30. The molecule has 0 bridgehead atoms. The minimum atomic E-state index is -1.05. The van der Waals surface area contributed by atoms with Crippen molar-refractivity contribution in [3.05, 3.63) is 69.8 Å². The van der Waals surface area contributed by atoms with Crippen LogP contribution in [0.2, 0.25) is 0 Å². The van der Waals surface area contributed by atoms with E-state index in [-0.39, 0.29) is 0 Å². The van der Waals surface area contributed by atoms with E-state index in [2.05, 4.69) is 0 Å². The predicted molar refractivity (Wildman–Crippen MR) is 80.6 cm³/mol. The molecule has 124 valence electrons. The molecule has 2 aromatic rings. The van der Waals surface area contributed by atoms with E-state index in [1.54, 1.807) is 6.07 Å². The van der Waals surface area contributed by atoms with Gasteiger partial charge in [-0.25, -0.2) is 8.78 Å². The SMILES string of the molecule is O=C(Oc1cc(F)ccc1[N+](=O)[O-])C1(c2cccc(F)c2)CCC1. The number of carbonyl (C=O) groups is 1. The van der Waals surface area contributed by atoms with Crippen LogP contribution in [0, 0.1) is 21.7 Å². The van der Waals surface area contributed by atoms with E-state index in [0.717, 1.165) is 24.6 Å². The van der Waals surface area contributed by atoms with Gasteiger partial charge in [-0.1, -0.05) is 18.6 Å². The zero-order chi connectivity index (χ0) is 17.3. The van der Waals surface area contributed by atoms with Crippen LogP contribution in [0.25, 0.3) is 0 Å². The van der Waals surface area contributed by atoms with E-state index in [1.807, 2.05) is 0 Å². The molecule has 0 radical (unpaired) electrons. The molecule has 24 heavy (non-hydrogen) atoms. The van der Waals surface area contributed by atoms with Crippen molar-refractivity contribution in [3.8, 4) is 5.75 Å². The molecule has 0 aromatic heterocycles. The molecule has 0 aliphatic heterocycles. The Morgan fingerprint density at radius 3 is 2.42 bits per heavy atom. The number of carbonyl (C=O) groups excluding carboxylic acids is 1. The first-order valence-corrected chi connectivity index (χ1v) is 7.35. The molecular formula is C17H13F2NO4. The second kappa shape index (κ2) is 5.99. The lowest BCUT2D eigenvalue weighted by atomic mass is 9.64. The summed E-state index contributed by atoms with van der Waals surface area (Å²) in [6.07, 6.45) is 1.63. The summed E-state index contributed by atoms with van der Waals surface area (Å²) in [5.41, 5.74) is -1.10. The Labute approximate surface area is 136 Å². The number of rotatable bonds is 4. The molecule has 0 heterocycles. The largest absolute Gasteiger partial charge is 0.418 e. The molecular weight excluding hydrogens is 320 g/mol. The Morgan fingerprint density at radius 1 is 1.12 bits per heavy atom. The van der Waals surface area contributed by atoms with E-state index >= 15 is 0 Å². The molecule has 7 heteroatoms. The summed E-state index contributed by atoms with van der Waals surface area (Å²) >= 11 is 0. The van der Waals surface area contributed by atoms with Gasteiger partial charge in [0.05, 0.1) is 10.3 Å². The highest BCUT2D eigenvalue weighted by Gasteiger charge is 2.48. The van der Waals surface area contributed by atoms with Crippen molar-refractivity contribution >= 4 is 11.7 Å². The maximum absolute atomic E-state index is 13.5.